The molecule has 0 saturated carbocycles. The van der Waals surface area contributed by atoms with Crippen LogP contribution in [0.5, 0.6) is 0 Å². The molecule has 2 rings (SSSR count). The molecule has 0 spiro atoms. The topological polar surface area (TPSA) is 88.2 Å². The summed E-state index contributed by atoms with van der Waals surface area (Å²) in [5.74, 6) is 0.982. The molecule has 6 heteroatoms. The zero-order valence-electron chi connectivity index (χ0n) is 11.7. The largest absolute Gasteiger partial charge is 0.466 e. The summed E-state index contributed by atoms with van der Waals surface area (Å²) in [7, 11) is 0. The molecule has 2 aromatic rings. The van der Waals surface area contributed by atoms with Gasteiger partial charge in [0.2, 0.25) is 0 Å². The molecule has 106 valence electrons. The highest BCUT2D eigenvalue weighted by Crippen LogP contribution is 2.26. The lowest BCUT2D eigenvalue weighted by molar-refractivity contribution is 0.0512. The van der Waals surface area contributed by atoms with Crippen LogP contribution in [0.25, 0.3) is 0 Å². The summed E-state index contributed by atoms with van der Waals surface area (Å²) >= 11 is 0. The molecule has 0 aromatic carbocycles. The molecule has 2 heterocycles. The first-order chi connectivity index (χ1) is 9.40. The van der Waals surface area contributed by atoms with Crippen LogP contribution in [-0.2, 0) is 5.60 Å². The number of aliphatic hydroxyl groups is 1. The Morgan fingerprint density at radius 1 is 1.45 bits per heavy atom. The number of carbonyl (C=O) groups excluding carboxylic acids is 1. The number of aryl methyl sites for hydroxylation is 2. The van der Waals surface area contributed by atoms with Crippen LogP contribution in [-0.4, -0.2) is 27.5 Å². The van der Waals surface area contributed by atoms with Crippen molar-refractivity contribution in [3.63, 3.8) is 0 Å². The van der Waals surface area contributed by atoms with Crippen LogP contribution >= 0.6 is 0 Å². The van der Waals surface area contributed by atoms with Gasteiger partial charge in [0.05, 0.1) is 12.7 Å². The van der Waals surface area contributed by atoms with Gasteiger partial charge in [-0.15, -0.1) is 0 Å². The maximum atomic E-state index is 11.9. The molecule has 0 radical (unpaired) electrons. The van der Waals surface area contributed by atoms with Gasteiger partial charge in [-0.3, -0.25) is 9.78 Å². The van der Waals surface area contributed by atoms with Gasteiger partial charge in [-0.05, 0) is 26.8 Å². The van der Waals surface area contributed by atoms with Gasteiger partial charge in [-0.1, -0.05) is 0 Å². The third kappa shape index (κ3) is 3.03. The van der Waals surface area contributed by atoms with E-state index in [1.807, 2.05) is 6.92 Å². The predicted molar refractivity (Wildman–Crippen MR) is 72.1 cm³/mol. The summed E-state index contributed by atoms with van der Waals surface area (Å²) in [6.45, 7) is 5.27. The number of hydrogen-bond acceptors (Lipinski definition) is 5. The fraction of sp³-hybridized carbons (Fsp3) is 0.357. The molecular formula is C14H17N3O3. The Morgan fingerprint density at radius 3 is 2.75 bits per heavy atom. The Hall–Kier alpha value is -2.21. The lowest BCUT2D eigenvalue weighted by atomic mass is 9.96. The first kappa shape index (κ1) is 14.2. The summed E-state index contributed by atoms with van der Waals surface area (Å²) in [5.41, 5.74) is -0.336. The number of rotatable bonds is 4. The number of furan rings is 1. The third-order valence-electron chi connectivity index (χ3n) is 3.01. The Kier molecular flexibility index (Phi) is 3.85. The smallest absolute Gasteiger partial charge is 0.271 e. The minimum absolute atomic E-state index is 0.0578. The van der Waals surface area contributed by atoms with Crippen molar-refractivity contribution in [1.82, 2.24) is 15.3 Å². The number of aromatic nitrogens is 2. The van der Waals surface area contributed by atoms with Gasteiger partial charge >= 0.3 is 0 Å². The Balaban J connectivity index is 2.06. The monoisotopic (exact) mass is 275 g/mol. The van der Waals surface area contributed by atoms with E-state index in [0.29, 0.717) is 11.3 Å². The van der Waals surface area contributed by atoms with E-state index in [-0.39, 0.29) is 18.1 Å². The quantitative estimate of drug-likeness (QED) is 0.878. The van der Waals surface area contributed by atoms with E-state index in [4.69, 9.17) is 4.42 Å². The highest BCUT2D eigenvalue weighted by Gasteiger charge is 2.28. The minimum atomic E-state index is -1.21. The van der Waals surface area contributed by atoms with Crippen LogP contribution in [0.2, 0.25) is 0 Å². The molecule has 0 aliphatic heterocycles. The van der Waals surface area contributed by atoms with Gasteiger partial charge in [-0.2, -0.15) is 0 Å². The van der Waals surface area contributed by atoms with Gasteiger partial charge < -0.3 is 14.8 Å². The number of nitrogens with one attached hydrogen (secondary N) is 1. The van der Waals surface area contributed by atoms with E-state index >= 15 is 0 Å². The fourth-order valence-corrected chi connectivity index (χ4v) is 2.02. The Bertz CT molecular complexity index is 605. The lowest BCUT2D eigenvalue weighted by Gasteiger charge is -2.23. The van der Waals surface area contributed by atoms with E-state index in [1.54, 1.807) is 19.9 Å². The van der Waals surface area contributed by atoms with Gasteiger partial charge in [-0.25, -0.2) is 4.98 Å². The van der Waals surface area contributed by atoms with E-state index < -0.39 is 5.60 Å². The van der Waals surface area contributed by atoms with Crippen molar-refractivity contribution in [2.45, 2.75) is 26.4 Å². The number of amides is 1. The standard InChI is InChI=1S/C14H17N3O3/c1-9-6-11(10(2)20-9)14(3,19)8-17-13(18)12-7-15-4-5-16-12/h4-7,19H,8H2,1-3H3,(H,17,18). The minimum Gasteiger partial charge on any atom is -0.466 e. The summed E-state index contributed by atoms with van der Waals surface area (Å²) in [6, 6.07) is 1.77. The molecule has 20 heavy (non-hydrogen) atoms. The molecule has 2 aromatic heterocycles. The van der Waals surface area contributed by atoms with Crippen molar-refractivity contribution in [2.24, 2.45) is 0 Å². The molecule has 1 unspecified atom stereocenters. The van der Waals surface area contributed by atoms with Crippen molar-refractivity contribution in [1.29, 1.82) is 0 Å². The average Bonchev–Trinajstić information content (AvgIpc) is 2.77. The van der Waals surface area contributed by atoms with Gasteiger partial charge in [0, 0.05) is 18.0 Å². The van der Waals surface area contributed by atoms with Crippen LogP contribution in [0.15, 0.2) is 29.1 Å². The van der Waals surface area contributed by atoms with Crippen LogP contribution in [0, 0.1) is 13.8 Å². The average molecular weight is 275 g/mol. The number of hydrogen-bond donors (Lipinski definition) is 2. The van der Waals surface area contributed by atoms with Gasteiger partial charge in [0.15, 0.2) is 0 Å². The lowest BCUT2D eigenvalue weighted by Crippen LogP contribution is -2.39. The summed E-state index contributed by atoms with van der Waals surface area (Å²) in [5, 5.41) is 13.1. The number of carbonyl (C=O) groups is 1. The van der Waals surface area contributed by atoms with Crippen LogP contribution in [0.3, 0.4) is 0 Å². The molecule has 0 bridgehead atoms. The Morgan fingerprint density at radius 2 is 2.20 bits per heavy atom. The van der Waals surface area contributed by atoms with E-state index in [1.165, 1.54) is 18.6 Å². The zero-order valence-corrected chi connectivity index (χ0v) is 11.7. The van der Waals surface area contributed by atoms with Crippen molar-refractivity contribution < 1.29 is 14.3 Å². The van der Waals surface area contributed by atoms with Crippen molar-refractivity contribution in [3.05, 3.63) is 47.4 Å². The van der Waals surface area contributed by atoms with Crippen molar-refractivity contribution >= 4 is 5.91 Å². The van der Waals surface area contributed by atoms with Gasteiger partial charge in [0.25, 0.3) is 5.91 Å². The summed E-state index contributed by atoms with van der Waals surface area (Å²) in [4.78, 5) is 19.6. The highest BCUT2D eigenvalue weighted by molar-refractivity contribution is 5.91. The Labute approximate surface area is 116 Å². The van der Waals surface area contributed by atoms with Crippen molar-refractivity contribution in [3.8, 4) is 0 Å². The molecule has 0 fully saturated rings. The van der Waals surface area contributed by atoms with Crippen LogP contribution in [0.4, 0.5) is 0 Å². The molecule has 0 aliphatic carbocycles. The molecule has 0 saturated heterocycles. The second-order valence-electron chi connectivity index (χ2n) is 4.87. The van der Waals surface area contributed by atoms with Crippen molar-refractivity contribution in [2.75, 3.05) is 6.54 Å². The normalized spacial score (nSPS) is 13.8. The van der Waals surface area contributed by atoms with E-state index in [0.717, 1.165) is 5.76 Å². The van der Waals surface area contributed by atoms with Crippen LogP contribution in [0.1, 0.15) is 34.5 Å². The molecule has 0 aliphatic rings. The molecule has 1 atom stereocenters. The maximum Gasteiger partial charge on any atom is 0.271 e. The first-order valence-electron chi connectivity index (χ1n) is 6.24. The van der Waals surface area contributed by atoms with Gasteiger partial charge in [0.1, 0.15) is 22.8 Å². The molecule has 2 N–H and O–H groups in total. The zero-order chi connectivity index (χ0) is 14.8. The molecule has 1 amide bonds. The highest BCUT2D eigenvalue weighted by atomic mass is 16.3. The second kappa shape index (κ2) is 5.42. The summed E-state index contributed by atoms with van der Waals surface area (Å²) in [6.07, 6.45) is 4.30. The van der Waals surface area contributed by atoms with Crippen LogP contribution < -0.4 is 5.32 Å². The molecule has 6 nitrogen and oxygen atoms in total. The first-order valence-corrected chi connectivity index (χ1v) is 6.24. The second-order valence-corrected chi connectivity index (χ2v) is 4.87. The molecular weight excluding hydrogens is 258 g/mol. The fourth-order valence-electron chi connectivity index (χ4n) is 2.02. The third-order valence-corrected chi connectivity index (χ3v) is 3.01. The summed E-state index contributed by atoms with van der Waals surface area (Å²) < 4.78 is 5.40. The maximum absolute atomic E-state index is 11.9. The predicted octanol–water partition coefficient (Wildman–Crippen LogP) is 1.32. The SMILES string of the molecule is Cc1cc(C(C)(O)CNC(=O)c2cnccn2)c(C)o1. The number of nitrogens with zero attached hydrogens (tertiary/aromatic N) is 2. The van der Waals surface area contributed by atoms with E-state index in [9.17, 15) is 9.90 Å². The van der Waals surface area contributed by atoms with E-state index in [2.05, 4.69) is 15.3 Å².